The summed E-state index contributed by atoms with van der Waals surface area (Å²) in [6.45, 7) is 3.26. The number of carbonyl (C=O) groups is 1. The number of carbonyl (C=O) groups excluding carboxylic acids is 1. The lowest BCUT2D eigenvalue weighted by molar-refractivity contribution is -0.128. The molecule has 1 aliphatic heterocycles. The van der Waals surface area contributed by atoms with E-state index in [0.717, 1.165) is 16.7 Å². The van der Waals surface area contributed by atoms with Crippen molar-refractivity contribution in [3.63, 3.8) is 0 Å². The van der Waals surface area contributed by atoms with Crippen molar-refractivity contribution in [1.29, 1.82) is 0 Å². The Morgan fingerprint density at radius 2 is 2.00 bits per heavy atom. The highest BCUT2D eigenvalue weighted by Crippen LogP contribution is 2.29. The summed E-state index contributed by atoms with van der Waals surface area (Å²) in [5.41, 5.74) is 3.21. The van der Waals surface area contributed by atoms with Gasteiger partial charge in [-0.3, -0.25) is 4.79 Å². The van der Waals surface area contributed by atoms with Crippen molar-refractivity contribution in [2.45, 2.75) is 25.8 Å². The first kappa shape index (κ1) is 15.6. The number of aryl methyl sites for hydroxylation is 1. The van der Waals surface area contributed by atoms with Crippen LogP contribution >= 0.6 is 0 Å². The molecule has 126 valence electrons. The maximum atomic E-state index is 12.3. The summed E-state index contributed by atoms with van der Waals surface area (Å²) in [7, 11) is 0. The van der Waals surface area contributed by atoms with E-state index < -0.39 is 0 Å². The molecule has 1 aromatic heterocycles. The maximum absolute atomic E-state index is 12.3. The van der Waals surface area contributed by atoms with E-state index in [4.69, 9.17) is 4.52 Å². The Kier molecular flexibility index (Phi) is 4.06. The fraction of sp³-hybridized carbons (Fsp3) is 0.250. The standard InChI is InChI=1S/C20H19N3O2/c1-14-6-5-9-16(10-14)19-21-20(25-22-19)17-11-18(24)23(13-17)12-15-7-3-2-4-8-15/h2-10,17H,11-13H2,1H3. The second kappa shape index (κ2) is 6.51. The van der Waals surface area contributed by atoms with E-state index >= 15 is 0 Å². The molecule has 1 saturated heterocycles. The molecule has 25 heavy (non-hydrogen) atoms. The highest BCUT2D eigenvalue weighted by atomic mass is 16.5. The van der Waals surface area contributed by atoms with Crippen molar-refractivity contribution in [2.75, 3.05) is 6.54 Å². The molecule has 2 aromatic carbocycles. The predicted molar refractivity (Wildman–Crippen MR) is 93.7 cm³/mol. The fourth-order valence-electron chi connectivity index (χ4n) is 3.20. The van der Waals surface area contributed by atoms with Crippen LogP contribution in [0, 0.1) is 6.92 Å². The summed E-state index contributed by atoms with van der Waals surface area (Å²) in [5.74, 6) is 1.21. The molecule has 0 bridgehead atoms. The lowest BCUT2D eigenvalue weighted by Gasteiger charge is -2.15. The van der Waals surface area contributed by atoms with Gasteiger partial charge in [0.2, 0.25) is 17.6 Å². The largest absolute Gasteiger partial charge is 0.339 e. The van der Waals surface area contributed by atoms with Crippen molar-refractivity contribution in [3.8, 4) is 11.4 Å². The Hall–Kier alpha value is -2.95. The number of nitrogens with zero attached hydrogens (tertiary/aromatic N) is 3. The normalized spacial score (nSPS) is 17.2. The van der Waals surface area contributed by atoms with Gasteiger partial charge in [0.05, 0.1) is 5.92 Å². The predicted octanol–water partition coefficient (Wildman–Crippen LogP) is 3.56. The molecule has 2 heterocycles. The number of amides is 1. The molecular weight excluding hydrogens is 314 g/mol. The Bertz CT molecular complexity index is 889. The average Bonchev–Trinajstić information content (AvgIpc) is 3.24. The van der Waals surface area contributed by atoms with Gasteiger partial charge in [-0.25, -0.2) is 0 Å². The van der Waals surface area contributed by atoms with Crippen molar-refractivity contribution in [2.24, 2.45) is 0 Å². The first-order valence-corrected chi connectivity index (χ1v) is 8.41. The molecule has 1 fully saturated rings. The van der Waals surface area contributed by atoms with Crippen molar-refractivity contribution < 1.29 is 9.32 Å². The third-order valence-corrected chi connectivity index (χ3v) is 4.50. The molecule has 0 N–H and O–H groups in total. The smallest absolute Gasteiger partial charge is 0.232 e. The molecule has 0 radical (unpaired) electrons. The van der Waals surface area contributed by atoms with Crippen LogP contribution in [0.1, 0.15) is 29.4 Å². The van der Waals surface area contributed by atoms with Crippen LogP contribution in [0.2, 0.25) is 0 Å². The van der Waals surface area contributed by atoms with Gasteiger partial charge in [0.1, 0.15) is 0 Å². The van der Waals surface area contributed by atoms with E-state index in [2.05, 4.69) is 10.1 Å². The monoisotopic (exact) mass is 333 g/mol. The Labute approximate surface area is 146 Å². The second-order valence-electron chi connectivity index (χ2n) is 6.49. The minimum absolute atomic E-state index is 0.0396. The zero-order chi connectivity index (χ0) is 17.2. The highest BCUT2D eigenvalue weighted by molar-refractivity contribution is 5.79. The average molecular weight is 333 g/mol. The molecule has 1 unspecified atom stereocenters. The maximum Gasteiger partial charge on any atom is 0.232 e. The van der Waals surface area contributed by atoms with Gasteiger partial charge in [-0.05, 0) is 18.6 Å². The van der Waals surface area contributed by atoms with Gasteiger partial charge >= 0.3 is 0 Å². The molecule has 4 rings (SSSR count). The van der Waals surface area contributed by atoms with Crippen LogP contribution in [0.25, 0.3) is 11.4 Å². The van der Waals surface area contributed by atoms with Crippen LogP contribution in [0.15, 0.2) is 59.1 Å². The molecule has 1 aliphatic rings. The van der Waals surface area contributed by atoms with Gasteiger partial charge in [0, 0.05) is 25.1 Å². The minimum Gasteiger partial charge on any atom is -0.339 e. The number of likely N-dealkylation sites (tertiary alicyclic amines) is 1. The van der Waals surface area contributed by atoms with Gasteiger partial charge in [-0.15, -0.1) is 0 Å². The third kappa shape index (κ3) is 3.31. The number of benzene rings is 2. The topological polar surface area (TPSA) is 59.2 Å². The van der Waals surface area contributed by atoms with Crippen molar-refractivity contribution in [1.82, 2.24) is 15.0 Å². The van der Waals surface area contributed by atoms with Crippen LogP contribution in [0.5, 0.6) is 0 Å². The number of hydrogen-bond donors (Lipinski definition) is 0. The lowest BCUT2D eigenvalue weighted by Crippen LogP contribution is -2.24. The number of rotatable bonds is 4. The van der Waals surface area contributed by atoms with Crippen LogP contribution in [0.3, 0.4) is 0 Å². The lowest BCUT2D eigenvalue weighted by atomic mass is 10.1. The SMILES string of the molecule is Cc1cccc(-c2noc(C3CC(=O)N(Cc4ccccc4)C3)n2)c1. The summed E-state index contributed by atoms with van der Waals surface area (Å²) in [4.78, 5) is 18.7. The second-order valence-corrected chi connectivity index (χ2v) is 6.49. The molecule has 1 amide bonds. The van der Waals surface area contributed by atoms with Crippen molar-refractivity contribution in [3.05, 3.63) is 71.6 Å². The fourth-order valence-corrected chi connectivity index (χ4v) is 3.20. The van der Waals surface area contributed by atoms with E-state index in [1.54, 1.807) is 0 Å². The van der Waals surface area contributed by atoms with E-state index in [1.807, 2.05) is 66.4 Å². The van der Waals surface area contributed by atoms with E-state index in [9.17, 15) is 4.79 Å². The summed E-state index contributed by atoms with van der Waals surface area (Å²) >= 11 is 0. The zero-order valence-corrected chi connectivity index (χ0v) is 14.1. The first-order valence-electron chi connectivity index (χ1n) is 8.41. The van der Waals surface area contributed by atoms with Gasteiger partial charge in [-0.2, -0.15) is 4.98 Å². The third-order valence-electron chi connectivity index (χ3n) is 4.50. The van der Waals surface area contributed by atoms with Gasteiger partial charge in [0.25, 0.3) is 0 Å². The molecule has 1 atom stereocenters. The van der Waals surface area contributed by atoms with Crippen LogP contribution in [-0.4, -0.2) is 27.5 Å². The summed E-state index contributed by atoms with van der Waals surface area (Å²) in [6.07, 6.45) is 0.419. The van der Waals surface area contributed by atoms with E-state index in [0.29, 0.717) is 31.2 Å². The van der Waals surface area contributed by atoms with E-state index in [1.165, 1.54) is 0 Å². The molecule has 5 nitrogen and oxygen atoms in total. The molecule has 5 heteroatoms. The molecule has 0 saturated carbocycles. The highest BCUT2D eigenvalue weighted by Gasteiger charge is 2.34. The molecule has 3 aromatic rings. The first-order chi connectivity index (χ1) is 12.2. The van der Waals surface area contributed by atoms with E-state index in [-0.39, 0.29) is 11.8 Å². The Balaban J connectivity index is 1.49. The zero-order valence-electron chi connectivity index (χ0n) is 14.1. The summed E-state index contributed by atoms with van der Waals surface area (Å²) < 4.78 is 5.45. The molecular formula is C20H19N3O2. The Morgan fingerprint density at radius 3 is 2.80 bits per heavy atom. The summed E-state index contributed by atoms with van der Waals surface area (Å²) in [6, 6.07) is 18.0. The number of aromatic nitrogens is 2. The van der Waals surface area contributed by atoms with Gasteiger partial charge in [0.15, 0.2) is 0 Å². The molecule has 0 spiro atoms. The Morgan fingerprint density at radius 1 is 1.16 bits per heavy atom. The van der Waals surface area contributed by atoms with Gasteiger partial charge in [-0.1, -0.05) is 59.3 Å². The number of hydrogen-bond acceptors (Lipinski definition) is 4. The van der Waals surface area contributed by atoms with Crippen LogP contribution in [0.4, 0.5) is 0 Å². The molecule has 0 aliphatic carbocycles. The van der Waals surface area contributed by atoms with Gasteiger partial charge < -0.3 is 9.42 Å². The van der Waals surface area contributed by atoms with Crippen LogP contribution < -0.4 is 0 Å². The van der Waals surface area contributed by atoms with Crippen molar-refractivity contribution >= 4 is 5.91 Å². The quantitative estimate of drug-likeness (QED) is 0.732. The summed E-state index contributed by atoms with van der Waals surface area (Å²) in [5, 5.41) is 4.09. The van der Waals surface area contributed by atoms with Crippen LogP contribution in [-0.2, 0) is 11.3 Å². The minimum atomic E-state index is -0.0396.